The average Bonchev–Trinajstić information content (AvgIpc) is 3.25. The Hall–Kier alpha value is -2.55. The highest BCUT2D eigenvalue weighted by Crippen LogP contribution is 2.44. The minimum Gasteiger partial charge on any atom is -0.382 e. The van der Waals surface area contributed by atoms with Gasteiger partial charge in [-0.2, -0.15) is 0 Å². The first kappa shape index (κ1) is 13.8. The van der Waals surface area contributed by atoms with Crippen LogP contribution in [0, 0.1) is 0 Å². The van der Waals surface area contributed by atoms with Crippen LogP contribution < -0.4 is 11.1 Å². The van der Waals surface area contributed by atoms with Gasteiger partial charge in [0, 0.05) is 0 Å². The Labute approximate surface area is 141 Å². The van der Waals surface area contributed by atoms with Crippen molar-refractivity contribution < 1.29 is 4.79 Å². The molecule has 0 aromatic carbocycles. The Kier molecular flexibility index (Phi) is 2.73. The Balaban J connectivity index is 1.67. The van der Waals surface area contributed by atoms with E-state index in [-0.39, 0.29) is 11.4 Å². The zero-order valence-electron chi connectivity index (χ0n) is 12.8. The van der Waals surface area contributed by atoms with E-state index < -0.39 is 0 Å². The second-order valence-corrected chi connectivity index (χ2v) is 7.29. The number of nitrogens with two attached hydrogens (primary N) is 1. The molecule has 122 valence electrons. The topological polar surface area (TPSA) is 112 Å². The molecule has 0 unspecified atom stereocenters. The number of amides is 1. The lowest BCUT2D eigenvalue weighted by atomic mass is 9.81. The number of nitrogens with one attached hydrogen (secondary N) is 1. The molecule has 0 bridgehead atoms. The molecule has 2 aliphatic rings. The van der Waals surface area contributed by atoms with Crippen LogP contribution in [0.5, 0.6) is 0 Å². The lowest BCUT2D eigenvalue weighted by Gasteiger charge is -2.32. The smallest absolute Gasteiger partial charge is 0.264 e. The lowest BCUT2D eigenvalue weighted by molar-refractivity contribution is 0.0910. The van der Waals surface area contributed by atoms with Gasteiger partial charge in [-0.15, -0.1) is 0 Å². The van der Waals surface area contributed by atoms with E-state index in [1.807, 2.05) is 0 Å². The van der Waals surface area contributed by atoms with Crippen LogP contribution in [0.2, 0.25) is 0 Å². The summed E-state index contributed by atoms with van der Waals surface area (Å²) in [5.74, 6) is 0.318. The normalized spacial score (nSPS) is 18.9. The van der Waals surface area contributed by atoms with Crippen molar-refractivity contribution in [3.8, 4) is 5.13 Å². The van der Waals surface area contributed by atoms with E-state index in [1.54, 1.807) is 10.9 Å². The van der Waals surface area contributed by atoms with Crippen LogP contribution in [0.4, 0.5) is 5.82 Å². The predicted molar refractivity (Wildman–Crippen MR) is 89.0 cm³/mol. The number of nitrogen functional groups attached to an aromatic ring is 1. The van der Waals surface area contributed by atoms with E-state index in [0.717, 1.165) is 31.4 Å². The average molecular weight is 341 g/mol. The zero-order valence-corrected chi connectivity index (χ0v) is 13.6. The molecule has 3 N–H and O–H groups in total. The molecule has 0 radical (unpaired) electrons. The van der Waals surface area contributed by atoms with Crippen LogP contribution in [-0.2, 0) is 5.54 Å². The standard InChI is InChI=1S/C15H15N7OS/c16-11-8-12(18-6-17-11)22(7-19-8)14-20-10-9(24-14)13(23)21-15(10)4-2-1-3-5-15/h6-7H,1-5H2,(H,21,23)(H2,16,17,18). The number of fused-ring (bicyclic) bond motifs is 3. The first-order valence-electron chi connectivity index (χ1n) is 7.96. The molecule has 1 aliphatic heterocycles. The van der Waals surface area contributed by atoms with Crippen molar-refractivity contribution in [2.24, 2.45) is 0 Å². The summed E-state index contributed by atoms with van der Waals surface area (Å²) in [5, 5.41) is 3.87. The van der Waals surface area contributed by atoms with Gasteiger partial charge >= 0.3 is 0 Å². The van der Waals surface area contributed by atoms with E-state index in [9.17, 15) is 4.79 Å². The second kappa shape index (κ2) is 4.73. The van der Waals surface area contributed by atoms with Gasteiger partial charge in [-0.3, -0.25) is 9.36 Å². The van der Waals surface area contributed by atoms with E-state index in [2.05, 4.69) is 20.3 Å². The van der Waals surface area contributed by atoms with Gasteiger partial charge in [0.05, 0.1) is 11.2 Å². The van der Waals surface area contributed by atoms with Gasteiger partial charge < -0.3 is 11.1 Å². The maximum atomic E-state index is 12.4. The molecule has 9 heteroatoms. The molecule has 1 aliphatic carbocycles. The van der Waals surface area contributed by atoms with Crippen LogP contribution in [0.25, 0.3) is 16.3 Å². The Morgan fingerprint density at radius 2 is 2.04 bits per heavy atom. The van der Waals surface area contributed by atoms with Crippen LogP contribution in [0.1, 0.15) is 47.5 Å². The van der Waals surface area contributed by atoms with Crippen molar-refractivity contribution in [3.63, 3.8) is 0 Å². The first-order valence-corrected chi connectivity index (χ1v) is 8.77. The quantitative estimate of drug-likeness (QED) is 0.697. The number of anilines is 1. The minimum absolute atomic E-state index is 0.0192. The third-order valence-electron chi connectivity index (χ3n) is 4.90. The van der Waals surface area contributed by atoms with Gasteiger partial charge in [0.2, 0.25) is 0 Å². The second-order valence-electron chi connectivity index (χ2n) is 6.32. The summed E-state index contributed by atoms with van der Waals surface area (Å²) >= 11 is 1.37. The largest absolute Gasteiger partial charge is 0.382 e. The molecule has 1 saturated carbocycles. The number of carbonyl (C=O) groups is 1. The van der Waals surface area contributed by atoms with E-state index >= 15 is 0 Å². The fraction of sp³-hybridized carbons (Fsp3) is 0.400. The summed E-state index contributed by atoms with van der Waals surface area (Å²) in [5.41, 5.74) is 7.59. The third kappa shape index (κ3) is 1.75. The SMILES string of the molecule is Nc1ncnc2c1ncn2-c1nc2c(s1)C(=O)NC21CCCCC1. The highest BCUT2D eigenvalue weighted by molar-refractivity contribution is 7.16. The fourth-order valence-corrected chi connectivity index (χ4v) is 4.77. The zero-order chi connectivity index (χ0) is 16.3. The number of hydrogen-bond donors (Lipinski definition) is 2. The molecule has 0 atom stereocenters. The maximum absolute atomic E-state index is 12.4. The van der Waals surface area contributed by atoms with Crippen LogP contribution >= 0.6 is 11.3 Å². The van der Waals surface area contributed by atoms with Crippen molar-refractivity contribution in [2.45, 2.75) is 37.6 Å². The molecule has 1 amide bonds. The van der Waals surface area contributed by atoms with Crippen molar-refractivity contribution in [3.05, 3.63) is 23.2 Å². The number of hydrogen-bond acceptors (Lipinski definition) is 7. The molecule has 4 heterocycles. The van der Waals surface area contributed by atoms with Gasteiger partial charge in [0.15, 0.2) is 22.1 Å². The summed E-state index contributed by atoms with van der Waals surface area (Å²) < 4.78 is 1.78. The Morgan fingerprint density at radius 3 is 2.88 bits per heavy atom. The van der Waals surface area contributed by atoms with E-state index in [4.69, 9.17) is 10.7 Å². The number of nitrogens with zero attached hydrogens (tertiary/aromatic N) is 5. The fourth-order valence-electron chi connectivity index (χ4n) is 3.73. The molecule has 24 heavy (non-hydrogen) atoms. The van der Waals surface area contributed by atoms with Gasteiger partial charge in [0.1, 0.15) is 17.5 Å². The third-order valence-corrected chi connectivity index (χ3v) is 5.96. The number of rotatable bonds is 1. The van der Waals surface area contributed by atoms with E-state index in [1.165, 1.54) is 24.1 Å². The molecular weight excluding hydrogens is 326 g/mol. The maximum Gasteiger partial charge on any atom is 0.264 e. The number of aromatic nitrogens is 5. The molecule has 1 spiro atoms. The molecule has 3 aromatic rings. The van der Waals surface area contributed by atoms with Gasteiger partial charge in [-0.25, -0.2) is 19.9 Å². The van der Waals surface area contributed by atoms with Gasteiger partial charge in [0.25, 0.3) is 5.91 Å². The Morgan fingerprint density at radius 1 is 1.21 bits per heavy atom. The predicted octanol–water partition coefficient (Wildman–Crippen LogP) is 1.76. The van der Waals surface area contributed by atoms with Gasteiger partial charge in [-0.1, -0.05) is 30.6 Å². The van der Waals surface area contributed by atoms with Crippen LogP contribution in [0.3, 0.4) is 0 Å². The number of thiazole rings is 1. The molecule has 5 rings (SSSR count). The molecule has 0 saturated heterocycles. The molecule has 3 aromatic heterocycles. The summed E-state index contributed by atoms with van der Waals surface area (Å²) in [6.45, 7) is 0. The first-order chi connectivity index (χ1) is 11.7. The summed E-state index contributed by atoms with van der Waals surface area (Å²) in [6.07, 6.45) is 8.39. The minimum atomic E-state index is -0.288. The lowest BCUT2D eigenvalue weighted by Crippen LogP contribution is -2.41. The number of imidazole rings is 1. The highest BCUT2D eigenvalue weighted by atomic mass is 32.1. The van der Waals surface area contributed by atoms with Gasteiger partial charge in [-0.05, 0) is 12.8 Å². The van der Waals surface area contributed by atoms with E-state index in [0.29, 0.717) is 27.0 Å². The highest BCUT2D eigenvalue weighted by Gasteiger charge is 2.46. The summed E-state index contributed by atoms with van der Waals surface area (Å²) in [6, 6.07) is 0. The van der Waals surface area contributed by atoms with Crippen molar-refractivity contribution in [2.75, 3.05) is 5.73 Å². The summed E-state index contributed by atoms with van der Waals surface area (Å²) in [7, 11) is 0. The number of carbonyl (C=O) groups excluding carboxylic acids is 1. The molecular formula is C15H15N7OS. The van der Waals surface area contributed by atoms with Crippen LogP contribution in [-0.4, -0.2) is 30.4 Å². The molecule has 1 fully saturated rings. The monoisotopic (exact) mass is 341 g/mol. The summed E-state index contributed by atoms with van der Waals surface area (Å²) in [4.78, 5) is 30.4. The molecule has 8 nitrogen and oxygen atoms in total. The van der Waals surface area contributed by atoms with Crippen molar-refractivity contribution in [1.29, 1.82) is 0 Å². The Bertz CT molecular complexity index is 970. The van der Waals surface area contributed by atoms with Crippen LogP contribution in [0.15, 0.2) is 12.7 Å². The van der Waals surface area contributed by atoms with Crippen molar-refractivity contribution in [1.82, 2.24) is 29.8 Å². The van der Waals surface area contributed by atoms with Crippen molar-refractivity contribution >= 4 is 34.2 Å².